The van der Waals surface area contributed by atoms with Crippen molar-refractivity contribution < 1.29 is 14.3 Å². The standard InChI is InChI=1S/C9H17NO3S/c1-6(2)7-12-8(11)9(10,13-7)4-5-14-3/h6-7H,4-5,10H2,1-3H3. The summed E-state index contributed by atoms with van der Waals surface area (Å²) >= 11 is 1.63. The zero-order valence-electron chi connectivity index (χ0n) is 8.78. The molecule has 2 atom stereocenters. The predicted molar refractivity (Wildman–Crippen MR) is 55.7 cm³/mol. The quantitative estimate of drug-likeness (QED) is 0.713. The van der Waals surface area contributed by atoms with Crippen molar-refractivity contribution in [1.29, 1.82) is 0 Å². The Morgan fingerprint density at radius 2 is 2.29 bits per heavy atom. The fraction of sp³-hybridized carbons (Fsp3) is 0.889. The van der Waals surface area contributed by atoms with E-state index in [2.05, 4.69) is 0 Å². The van der Waals surface area contributed by atoms with Crippen LogP contribution in [0.25, 0.3) is 0 Å². The van der Waals surface area contributed by atoms with E-state index in [1.165, 1.54) is 0 Å². The highest BCUT2D eigenvalue weighted by molar-refractivity contribution is 7.98. The first kappa shape index (κ1) is 11.8. The SMILES string of the molecule is CSCCC1(N)OC(C(C)C)OC1=O. The zero-order valence-corrected chi connectivity index (χ0v) is 9.60. The van der Waals surface area contributed by atoms with Crippen molar-refractivity contribution in [3.63, 3.8) is 0 Å². The van der Waals surface area contributed by atoms with Crippen LogP contribution in [0.3, 0.4) is 0 Å². The number of cyclic esters (lactones) is 1. The van der Waals surface area contributed by atoms with Gasteiger partial charge in [-0.2, -0.15) is 11.8 Å². The van der Waals surface area contributed by atoms with Crippen molar-refractivity contribution in [1.82, 2.24) is 0 Å². The summed E-state index contributed by atoms with van der Waals surface area (Å²) in [4.78, 5) is 11.4. The molecular weight excluding hydrogens is 202 g/mol. The second-order valence-electron chi connectivity index (χ2n) is 3.77. The molecule has 0 amide bonds. The molecular formula is C9H17NO3S. The average molecular weight is 219 g/mol. The van der Waals surface area contributed by atoms with Gasteiger partial charge in [-0.25, -0.2) is 4.79 Å². The minimum absolute atomic E-state index is 0.138. The van der Waals surface area contributed by atoms with E-state index in [0.29, 0.717) is 6.42 Å². The Morgan fingerprint density at radius 1 is 1.64 bits per heavy atom. The normalized spacial score (nSPS) is 32.4. The van der Waals surface area contributed by atoms with Gasteiger partial charge >= 0.3 is 5.97 Å². The Labute approximate surface area is 88.5 Å². The third-order valence-corrected chi connectivity index (χ3v) is 2.73. The molecule has 0 aliphatic carbocycles. The first-order valence-electron chi connectivity index (χ1n) is 4.66. The molecule has 0 spiro atoms. The third kappa shape index (κ3) is 2.40. The van der Waals surface area contributed by atoms with Crippen molar-refractivity contribution in [2.75, 3.05) is 12.0 Å². The Kier molecular flexibility index (Phi) is 3.80. The summed E-state index contributed by atoms with van der Waals surface area (Å²) in [5, 5.41) is 0. The first-order valence-corrected chi connectivity index (χ1v) is 6.05. The zero-order chi connectivity index (χ0) is 10.8. The van der Waals surface area contributed by atoms with Crippen LogP contribution in [0.5, 0.6) is 0 Å². The molecule has 0 radical (unpaired) electrons. The van der Waals surface area contributed by atoms with Crippen LogP contribution in [-0.2, 0) is 14.3 Å². The highest BCUT2D eigenvalue weighted by atomic mass is 32.2. The molecule has 5 heteroatoms. The van der Waals surface area contributed by atoms with Crippen molar-refractivity contribution >= 4 is 17.7 Å². The maximum Gasteiger partial charge on any atom is 0.356 e. The Bertz CT molecular complexity index is 222. The summed E-state index contributed by atoms with van der Waals surface area (Å²) in [7, 11) is 0. The number of nitrogens with two attached hydrogens (primary N) is 1. The monoisotopic (exact) mass is 219 g/mol. The topological polar surface area (TPSA) is 61.6 Å². The van der Waals surface area contributed by atoms with Crippen LogP contribution in [-0.4, -0.2) is 30.0 Å². The van der Waals surface area contributed by atoms with Gasteiger partial charge in [0.25, 0.3) is 0 Å². The fourth-order valence-corrected chi connectivity index (χ4v) is 1.68. The summed E-state index contributed by atoms with van der Waals surface area (Å²) in [6.07, 6.45) is 1.97. The summed E-state index contributed by atoms with van der Waals surface area (Å²) < 4.78 is 10.5. The lowest BCUT2D eigenvalue weighted by molar-refractivity contribution is -0.147. The van der Waals surface area contributed by atoms with E-state index < -0.39 is 18.0 Å². The molecule has 0 aromatic heterocycles. The highest BCUT2D eigenvalue weighted by Crippen LogP contribution is 2.27. The molecule has 14 heavy (non-hydrogen) atoms. The van der Waals surface area contributed by atoms with E-state index in [4.69, 9.17) is 15.2 Å². The number of thioether (sulfide) groups is 1. The third-order valence-electron chi connectivity index (χ3n) is 2.12. The molecule has 1 saturated heterocycles. The van der Waals surface area contributed by atoms with Crippen LogP contribution in [0.1, 0.15) is 20.3 Å². The fourth-order valence-electron chi connectivity index (χ4n) is 1.17. The van der Waals surface area contributed by atoms with Gasteiger partial charge in [-0.05, 0) is 12.0 Å². The predicted octanol–water partition coefficient (Wildman–Crippen LogP) is 0.950. The van der Waals surface area contributed by atoms with Crippen LogP contribution in [0.15, 0.2) is 0 Å². The number of ether oxygens (including phenoxy) is 2. The maximum absolute atomic E-state index is 11.4. The summed E-state index contributed by atoms with van der Waals surface area (Å²) in [6.45, 7) is 3.86. The van der Waals surface area contributed by atoms with Gasteiger partial charge in [0.15, 0.2) is 0 Å². The number of carbonyl (C=O) groups excluding carboxylic acids is 1. The van der Waals surface area contributed by atoms with Gasteiger partial charge < -0.3 is 9.47 Å². The van der Waals surface area contributed by atoms with Crippen molar-refractivity contribution in [2.45, 2.75) is 32.3 Å². The summed E-state index contributed by atoms with van der Waals surface area (Å²) in [6, 6.07) is 0. The number of esters is 1. The van der Waals surface area contributed by atoms with Crippen LogP contribution in [0, 0.1) is 5.92 Å². The number of hydrogen-bond donors (Lipinski definition) is 1. The molecule has 0 aromatic carbocycles. The maximum atomic E-state index is 11.4. The van der Waals surface area contributed by atoms with Crippen molar-refractivity contribution in [3.05, 3.63) is 0 Å². The van der Waals surface area contributed by atoms with Gasteiger partial charge in [0.2, 0.25) is 12.0 Å². The molecule has 1 fully saturated rings. The second-order valence-corrected chi connectivity index (χ2v) is 4.75. The lowest BCUT2D eigenvalue weighted by Gasteiger charge is -2.19. The number of carbonyl (C=O) groups is 1. The minimum atomic E-state index is -1.22. The van der Waals surface area contributed by atoms with E-state index in [0.717, 1.165) is 5.75 Å². The first-order chi connectivity index (χ1) is 6.49. The van der Waals surface area contributed by atoms with Gasteiger partial charge in [0, 0.05) is 12.3 Å². The molecule has 0 bridgehead atoms. The Morgan fingerprint density at radius 3 is 2.71 bits per heavy atom. The van der Waals surface area contributed by atoms with Gasteiger partial charge in [-0.15, -0.1) is 0 Å². The molecule has 0 aromatic rings. The lowest BCUT2D eigenvalue weighted by atomic mass is 10.2. The van der Waals surface area contributed by atoms with E-state index in [9.17, 15) is 4.79 Å². The van der Waals surface area contributed by atoms with E-state index in [1.54, 1.807) is 11.8 Å². The van der Waals surface area contributed by atoms with E-state index in [1.807, 2.05) is 20.1 Å². The molecule has 0 saturated carbocycles. The van der Waals surface area contributed by atoms with Crippen LogP contribution in [0.2, 0.25) is 0 Å². The van der Waals surface area contributed by atoms with Crippen molar-refractivity contribution in [2.24, 2.45) is 11.7 Å². The summed E-state index contributed by atoms with van der Waals surface area (Å²) in [5.74, 6) is 0.486. The molecule has 4 nitrogen and oxygen atoms in total. The van der Waals surface area contributed by atoms with Crippen LogP contribution in [0.4, 0.5) is 0 Å². The molecule has 2 N–H and O–H groups in total. The van der Waals surface area contributed by atoms with Gasteiger partial charge in [0.05, 0.1) is 0 Å². The number of hydrogen-bond acceptors (Lipinski definition) is 5. The van der Waals surface area contributed by atoms with Gasteiger partial charge in [-0.3, -0.25) is 5.73 Å². The van der Waals surface area contributed by atoms with E-state index in [-0.39, 0.29) is 5.92 Å². The smallest absolute Gasteiger partial charge is 0.356 e. The molecule has 82 valence electrons. The largest absolute Gasteiger partial charge is 0.432 e. The summed E-state index contributed by atoms with van der Waals surface area (Å²) in [5.41, 5.74) is 4.58. The lowest BCUT2D eigenvalue weighted by Crippen LogP contribution is -2.47. The minimum Gasteiger partial charge on any atom is -0.432 e. The van der Waals surface area contributed by atoms with Crippen LogP contribution < -0.4 is 5.73 Å². The molecule has 1 heterocycles. The van der Waals surface area contributed by atoms with E-state index >= 15 is 0 Å². The Balaban J connectivity index is 2.58. The average Bonchev–Trinajstić information content (AvgIpc) is 2.41. The molecule has 1 aliphatic heterocycles. The molecule has 1 rings (SSSR count). The molecule has 1 aliphatic rings. The van der Waals surface area contributed by atoms with Crippen molar-refractivity contribution in [3.8, 4) is 0 Å². The molecule has 2 unspecified atom stereocenters. The Hall–Kier alpha value is -0.260. The second kappa shape index (κ2) is 4.51. The van der Waals surface area contributed by atoms with Gasteiger partial charge in [0.1, 0.15) is 0 Å². The highest BCUT2D eigenvalue weighted by Gasteiger charge is 2.47. The number of rotatable bonds is 4. The van der Waals surface area contributed by atoms with Gasteiger partial charge in [-0.1, -0.05) is 13.8 Å². The van der Waals surface area contributed by atoms with Crippen LogP contribution >= 0.6 is 11.8 Å².